The molecule has 1 saturated heterocycles. The lowest BCUT2D eigenvalue weighted by atomic mass is 9.54. The Hall–Kier alpha value is -0.505. The second-order valence-corrected chi connectivity index (χ2v) is 12.3. The van der Waals surface area contributed by atoms with E-state index in [0.717, 1.165) is 12.8 Å². The van der Waals surface area contributed by atoms with E-state index in [1.165, 1.54) is 0 Å². The van der Waals surface area contributed by atoms with Crippen LogP contribution in [0.25, 0.3) is 0 Å². The van der Waals surface area contributed by atoms with Gasteiger partial charge in [-0.1, -0.05) is 81.5 Å². The largest absolute Gasteiger partial charge is 0.481 e. The van der Waals surface area contributed by atoms with Crippen molar-refractivity contribution < 1.29 is 14.6 Å². The smallest absolute Gasteiger partial charge is 0.306 e. The van der Waals surface area contributed by atoms with Crippen LogP contribution in [-0.2, 0) is 9.53 Å². The number of carboxylic acids is 1. The van der Waals surface area contributed by atoms with Crippen LogP contribution in [0.1, 0.15) is 89.0 Å². The van der Waals surface area contributed by atoms with E-state index in [1.54, 1.807) is 0 Å². The van der Waals surface area contributed by atoms with Crippen molar-refractivity contribution in [2.24, 2.45) is 27.6 Å². The Bertz CT molecular complexity index is 526. The zero-order valence-electron chi connectivity index (χ0n) is 19.4. The van der Waals surface area contributed by atoms with Crippen LogP contribution in [0.3, 0.4) is 0 Å². The first-order valence-corrected chi connectivity index (χ1v) is 10.1. The van der Waals surface area contributed by atoms with E-state index in [9.17, 15) is 9.90 Å². The van der Waals surface area contributed by atoms with Crippen LogP contribution in [0.5, 0.6) is 0 Å². The molecule has 1 aliphatic heterocycles. The summed E-state index contributed by atoms with van der Waals surface area (Å²) in [6.07, 6.45) is 2.53. The van der Waals surface area contributed by atoms with Gasteiger partial charge < -0.3 is 9.84 Å². The van der Waals surface area contributed by atoms with Crippen LogP contribution in [0.4, 0.5) is 0 Å². The Balaban J connectivity index is 2.89. The monoisotopic (exact) mass is 366 g/mol. The Kier molecular flexibility index (Phi) is 6.18. The summed E-state index contributed by atoms with van der Waals surface area (Å²) < 4.78 is 6.17. The zero-order chi connectivity index (χ0) is 20.9. The van der Waals surface area contributed by atoms with Crippen LogP contribution >= 0.6 is 0 Å². The summed E-state index contributed by atoms with van der Waals surface area (Å²) in [6, 6.07) is 0. The van der Waals surface area contributed by atoms with E-state index < -0.39 is 11.9 Å². The molecule has 0 aromatic carbocycles. The van der Waals surface area contributed by atoms with Crippen molar-refractivity contribution in [2.75, 3.05) is 0 Å². The molecule has 3 atom stereocenters. The van der Waals surface area contributed by atoms with Gasteiger partial charge in [-0.3, -0.25) is 4.79 Å². The minimum absolute atomic E-state index is 0.129. The molecule has 0 aromatic heterocycles. The fraction of sp³-hybridized carbons (Fsp3) is 0.955. The fourth-order valence-electron chi connectivity index (χ4n) is 4.51. The van der Waals surface area contributed by atoms with E-state index in [2.05, 4.69) is 77.1 Å². The second kappa shape index (κ2) is 6.83. The predicted octanol–water partition coefficient (Wildman–Crippen LogP) is 5.19. The molecular formula is C22H43BO3. The molecule has 1 heterocycles. The standard InChI is InChI=1S/C22H43BO3/c1-14(17(24)25)21(8,9)22(10,11)16-15(26-16)12-18(2,3)19(4,5)13-20(6,7)23/h14-16H,12-13,23H2,1-11H3,(H,24,25). The molecule has 0 aliphatic carbocycles. The van der Waals surface area contributed by atoms with E-state index in [0.29, 0.717) is 5.31 Å². The number of hydrogen-bond acceptors (Lipinski definition) is 2. The Morgan fingerprint density at radius 1 is 1.00 bits per heavy atom. The first kappa shape index (κ1) is 23.5. The summed E-state index contributed by atoms with van der Waals surface area (Å²) in [5.74, 6) is -1.14. The molecule has 0 bridgehead atoms. The van der Waals surface area contributed by atoms with Crippen LogP contribution in [0.2, 0.25) is 5.31 Å². The normalized spacial score (nSPS) is 23.7. The van der Waals surface area contributed by atoms with E-state index in [4.69, 9.17) is 4.74 Å². The second-order valence-electron chi connectivity index (χ2n) is 12.3. The third-order valence-electron chi connectivity index (χ3n) is 7.92. The number of carboxylic acid groups (broad SMARTS) is 1. The Morgan fingerprint density at radius 3 is 1.85 bits per heavy atom. The summed E-state index contributed by atoms with van der Waals surface area (Å²) in [6.45, 7) is 24.4. The lowest BCUT2D eigenvalue weighted by Gasteiger charge is -2.46. The molecule has 4 heteroatoms. The number of ether oxygens (including phenoxy) is 1. The molecule has 26 heavy (non-hydrogen) atoms. The topological polar surface area (TPSA) is 49.8 Å². The van der Waals surface area contributed by atoms with Gasteiger partial charge in [0.05, 0.1) is 18.1 Å². The molecular weight excluding hydrogens is 323 g/mol. The fourth-order valence-corrected chi connectivity index (χ4v) is 4.51. The van der Waals surface area contributed by atoms with Crippen LogP contribution in [0, 0.1) is 27.6 Å². The van der Waals surface area contributed by atoms with E-state index in [-0.39, 0.29) is 33.9 Å². The molecule has 1 aliphatic rings. The van der Waals surface area contributed by atoms with Gasteiger partial charge in [0, 0.05) is 0 Å². The van der Waals surface area contributed by atoms with Gasteiger partial charge in [0.2, 0.25) is 0 Å². The van der Waals surface area contributed by atoms with Crippen molar-refractivity contribution in [3.8, 4) is 0 Å². The molecule has 3 nitrogen and oxygen atoms in total. The van der Waals surface area contributed by atoms with E-state index in [1.807, 2.05) is 6.92 Å². The molecule has 0 spiro atoms. The van der Waals surface area contributed by atoms with Gasteiger partial charge in [0.25, 0.3) is 0 Å². The zero-order valence-corrected chi connectivity index (χ0v) is 19.4. The highest BCUT2D eigenvalue weighted by atomic mass is 16.6. The van der Waals surface area contributed by atoms with Gasteiger partial charge in [0.15, 0.2) is 0 Å². The first-order chi connectivity index (χ1) is 11.3. The third kappa shape index (κ3) is 4.66. The third-order valence-corrected chi connectivity index (χ3v) is 7.92. The van der Waals surface area contributed by atoms with Crippen molar-refractivity contribution in [1.82, 2.24) is 0 Å². The number of rotatable bonds is 9. The van der Waals surface area contributed by atoms with Crippen molar-refractivity contribution in [3.05, 3.63) is 0 Å². The van der Waals surface area contributed by atoms with Crippen LogP contribution < -0.4 is 0 Å². The van der Waals surface area contributed by atoms with Crippen molar-refractivity contribution >= 4 is 13.8 Å². The lowest BCUT2D eigenvalue weighted by molar-refractivity contribution is -0.149. The molecule has 0 saturated carbocycles. The summed E-state index contributed by atoms with van der Waals surface area (Å²) in [5.41, 5.74) is -0.183. The minimum atomic E-state index is -0.730. The number of aliphatic carboxylic acids is 1. The van der Waals surface area contributed by atoms with Gasteiger partial charge >= 0.3 is 5.97 Å². The molecule has 1 fully saturated rings. The van der Waals surface area contributed by atoms with Gasteiger partial charge in [-0.2, -0.15) is 0 Å². The number of epoxide rings is 1. The number of hydrogen-bond donors (Lipinski definition) is 1. The SMILES string of the molecule is BC(C)(C)CC(C)(C)C(C)(C)CC1OC1C(C)(C)C(C)(C)C(C)C(=O)O. The quantitative estimate of drug-likeness (QED) is 0.451. The Labute approximate surface area is 163 Å². The van der Waals surface area contributed by atoms with Gasteiger partial charge in [-0.25, -0.2) is 0 Å². The van der Waals surface area contributed by atoms with Crippen LogP contribution in [-0.4, -0.2) is 31.1 Å². The highest BCUT2D eigenvalue weighted by molar-refractivity contribution is 6.14. The Morgan fingerprint density at radius 2 is 1.46 bits per heavy atom. The predicted molar refractivity (Wildman–Crippen MR) is 112 cm³/mol. The highest BCUT2D eigenvalue weighted by Gasteiger charge is 2.59. The molecule has 1 N–H and O–H groups in total. The summed E-state index contributed by atoms with van der Waals surface area (Å²) >= 11 is 0. The van der Waals surface area contributed by atoms with Crippen LogP contribution in [0.15, 0.2) is 0 Å². The molecule has 3 unspecified atom stereocenters. The van der Waals surface area contributed by atoms with Gasteiger partial charge in [0.1, 0.15) is 7.85 Å². The molecule has 1 rings (SSSR count). The highest BCUT2D eigenvalue weighted by Crippen LogP contribution is 2.58. The summed E-state index contributed by atoms with van der Waals surface area (Å²) in [4.78, 5) is 11.6. The maximum Gasteiger partial charge on any atom is 0.306 e. The molecule has 0 radical (unpaired) electrons. The van der Waals surface area contributed by atoms with Crippen molar-refractivity contribution in [2.45, 2.75) is 107 Å². The summed E-state index contributed by atoms with van der Waals surface area (Å²) in [5, 5.41) is 9.80. The summed E-state index contributed by atoms with van der Waals surface area (Å²) in [7, 11) is 2.31. The maximum absolute atomic E-state index is 11.6. The molecule has 0 amide bonds. The average molecular weight is 366 g/mol. The average Bonchev–Trinajstić information content (AvgIpc) is 3.13. The van der Waals surface area contributed by atoms with Crippen molar-refractivity contribution in [1.29, 1.82) is 0 Å². The minimum Gasteiger partial charge on any atom is -0.481 e. The number of carbonyl (C=O) groups is 1. The van der Waals surface area contributed by atoms with Crippen molar-refractivity contribution in [3.63, 3.8) is 0 Å². The maximum atomic E-state index is 11.6. The van der Waals surface area contributed by atoms with E-state index >= 15 is 0 Å². The van der Waals surface area contributed by atoms with Gasteiger partial charge in [-0.05, 0) is 34.5 Å². The lowest BCUT2D eigenvalue weighted by Crippen LogP contribution is -2.45. The van der Waals surface area contributed by atoms with Gasteiger partial charge in [-0.15, -0.1) is 0 Å². The molecule has 152 valence electrons. The first-order valence-electron chi connectivity index (χ1n) is 10.1. The molecule has 0 aromatic rings.